The Bertz CT molecular complexity index is 491. The minimum atomic E-state index is -4.49. The minimum absolute atomic E-state index is 0.00841. The third-order valence-electron chi connectivity index (χ3n) is 2.83. The van der Waals surface area contributed by atoms with Crippen molar-refractivity contribution in [2.24, 2.45) is 5.73 Å². The third-order valence-corrected chi connectivity index (χ3v) is 3.87. The molecule has 8 heteroatoms. The standard InChI is InChI=1S/C12H16F3N3S2/c1-7(6-20-3)18(2)11-8(10(16)19)4-5-9(17-11)12(13,14)15/h4-5,7H,6H2,1-3H3,(H2,16,19). The molecule has 0 aliphatic carbocycles. The number of thioether (sulfide) groups is 1. The van der Waals surface area contributed by atoms with Crippen molar-refractivity contribution in [1.82, 2.24) is 4.98 Å². The van der Waals surface area contributed by atoms with E-state index in [-0.39, 0.29) is 16.8 Å². The molecule has 0 amide bonds. The summed E-state index contributed by atoms with van der Waals surface area (Å²) in [6.45, 7) is 1.90. The van der Waals surface area contributed by atoms with Gasteiger partial charge in [-0.15, -0.1) is 0 Å². The Kier molecular flexibility index (Phi) is 5.64. The number of nitrogens with two attached hydrogens (primary N) is 1. The van der Waals surface area contributed by atoms with Crippen LogP contribution in [0.25, 0.3) is 0 Å². The highest BCUT2D eigenvalue weighted by Gasteiger charge is 2.33. The van der Waals surface area contributed by atoms with E-state index in [9.17, 15) is 13.2 Å². The molecule has 2 N–H and O–H groups in total. The van der Waals surface area contributed by atoms with E-state index in [1.165, 1.54) is 6.07 Å². The first-order valence-corrected chi connectivity index (χ1v) is 7.58. The predicted octanol–water partition coefficient (Wildman–Crippen LogP) is 2.92. The summed E-state index contributed by atoms with van der Waals surface area (Å²) in [6.07, 6.45) is -2.56. The van der Waals surface area contributed by atoms with Crippen molar-refractivity contribution < 1.29 is 13.2 Å². The van der Waals surface area contributed by atoms with Crippen LogP contribution in [0.15, 0.2) is 12.1 Å². The quantitative estimate of drug-likeness (QED) is 0.844. The topological polar surface area (TPSA) is 42.2 Å². The van der Waals surface area contributed by atoms with E-state index in [1.54, 1.807) is 23.7 Å². The summed E-state index contributed by atoms with van der Waals surface area (Å²) >= 11 is 6.48. The van der Waals surface area contributed by atoms with Gasteiger partial charge < -0.3 is 10.6 Å². The maximum Gasteiger partial charge on any atom is 0.433 e. The van der Waals surface area contributed by atoms with Crippen LogP contribution in [-0.4, -0.2) is 35.1 Å². The number of nitrogens with zero attached hydrogens (tertiary/aromatic N) is 2. The molecule has 0 aromatic carbocycles. The molecule has 0 aliphatic rings. The fourth-order valence-electron chi connectivity index (χ4n) is 1.63. The summed E-state index contributed by atoms with van der Waals surface area (Å²) < 4.78 is 38.3. The highest BCUT2D eigenvalue weighted by atomic mass is 32.2. The molecule has 112 valence electrons. The molecule has 0 bridgehead atoms. The fourth-order valence-corrected chi connectivity index (χ4v) is 2.49. The predicted molar refractivity (Wildman–Crippen MR) is 81.4 cm³/mol. The first kappa shape index (κ1) is 17.0. The van der Waals surface area contributed by atoms with Crippen LogP contribution in [0.5, 0.6) is 0 Å². The summed E-state index contributed by atoms with van der Waals surface area (Å²) in [5, 5.41) is 0. The van der Waals surface area contributed by atoms with Gasteiger partial charge in [0.1, 0.15) is 16.5 Å². The third kappa shape index (κ3) is 3.99. The van der Waals surface area contributed by atoms with Gasteiger partial charge in [0.25, 0.3) is 0 Å². The first-order valence-electron chi connectivity index (χ1n) is 5.78. The Labute approximate surface area is 125 Å². The van der Waals surface area contributed by atoms with Crippen molar-refractivity contribution in [3.63, 3.8) is 0 Å². The lowest BCUT2D eigenvalue weighted by Crippen LogP contribution is -2.34. The van der Waals surface area contributed by atoms with Gasteiger partial charge in [0, 0.05) is 18.8 Å². The van der Waals surface area contributed by atoms with E-state index in [0.717, 1.165) is 11.8 Å². The monoisotopic (exact) mass is 323 g/mol. The second-order valence-electron chi connectivity index (χ2n) is 4.34. The second kappa shape index (κ2) is 6.62. The van der Waals surface area contributed by atoms with E-state index in [2.05, 4.69) is 4.98 Å². The number of anilines is 1. The van der Waals surface area contributed by atoms with Crippen molar-refractivity contribution in [3.8, 4) is 0 Å². The Balaban J connectivity index is 3.28. The van der Waals surface area contributed by atoms with Crippen molar-refractivity contribution in [2.75, 3.05) is 24.0 Å². The SMILES string of the molecule is CSCC(C)N(C)c1nc(C(F)(F)F)ccc1C(N)=S. The highest BCUT2D eigenvalue weighted by Crippen LogP contribution is 2.31. The van der Waals surface area contributed by atoms with Crippen LogP contribution in [0.2, 0.25) is 0 Å². The molecular formula is C12H16F3N3S2. The summed E-state index contributed by atoms with van der Waals surface area (Å²) in [7, 11) is 1.69. The number of thiocarbonyl (C=S) groups is 1. The Morgan fingerprint density at radius 1 is 1.50 bits per heavy atom. The highest BCUT2D eigenvalue weighted by molar-refractivity contribution is 7.98. The number of pyridine rings is 1. The van der Waals surface area contributed by atoms with Gasteiger partial charge in [-0.05, 0) is 25.3 Å². The Morgan fingerprint density at radius 2 is 2.10 bits per heavy atom. The summed E-state index contributed by atoms with van der Waals surface area (Å²) in [6, 6.07) is 2.18. The molecular weight excluding hydrogens is 307 g/mol. The smallest absolute Gasteiger partial charge is 0.389 e. The minimum Gasteiger partial charge on any atom is -0.389 e. The zero-order valence-corrected chi connectivity index (χ0v) is 13.0. The fraction of sp³-hybridized carbons (Fsp3) is 0.500. The lowest BCUT2D eigenvalue weighted by molar-refractivity contribution is -0.141. The van der Waals surface area contributed by atoms with Crippen LogP contribution in [0, 0.1) is 0 Å². The number of alkyl halides is 3. The molecule has 0 spiro atoms. The molecule has 0 saturated carbocycles. The van der Waals surface area contributed by atoms with E-state index in [1.807, 2.05) is 13.2 Å². The van der Waals surface area contributed by atoms with Gasteiger partial charge in [-0.25, -0.2) is 4.98 Å². The summed E-state index contributed by atoms with van der Waals surface area (Å²) in [4.78, 5) is 5.39. The van der Waals surface area contributed by atoms with Crippen LogP contribution in [0.3, 0.4) is 0 Å². The van der Waals surface area contributed by atoms with E-state index in [0.29, 0.717) is 5.56 Å². The molecule has 0 saturated heterocycles. The van der Waals surface area contributed by atoms with Crippen LogP contribution in [0.4, 0.5) is 19.0 Å². The molecule has 1 aromatic rings. The van der Waals surface area contributed by atoms with Gasteiger partial charge in [0.15, 0.2) is 0 Å². The van der Waals surface area contributed by atoms with Crippen molar-refractivity contribution in [2.45, 2.75) is 19.1 Å². The van der Waals surface area contributed by atoms with Gasteiger partial charge in [-0.3, -0.25) is 0 Å². The van der Waals surface area contributed by atoms with Crippen LogP contribution >= 0.6 is 24.0 Å². The van der Waals surface area contributed by atoms with Crippen LogP contribution in [-0.2, 0) is 6.18 Å². The van der Waals surface area contributed by atoms with Crippen LogP contribution in [0.1, 0.15) is 18.2 Å². The van der Waals surface area contributed by atoms with Crippen molar-refractivity contribution >= 4 is 34.8 Å². The number of hydrogen-bond donors (Lipinski definition) is 1. The van der Waals surface area contributed by atoms with Crippen molar-refractivity contribution in [1.29, 1.82) is 0 Å². The van der Waals surface area contributed by atoms with Gasteiger partial charge in [0.2, 0.25) is 0 Å². The number of hydrogen-bond acceptors (Lipinski definition) is 4. The maximum atomic E-state index is 12.8. The van der Waals surface area contributed by atoms with Gasteiger partial charge in [0.05, 0.1) is 5.56 Å². The molecule has 20 heavy (non-hydrogen) atoms. The molecule has 0 fully saturated rings. The van der Waals surface area contributed by atoms with Gasteiger partial charge in [-0.2, -0.15) is 24.9 Å². The van der Waals surface area contributed by atoms with Crippen molar-refractivity contribution in [3.05, 3.63) is 23.4 Å². The molecule has 1 aromatic heterocycles. The van der Waals surface area contributed by atoms with E-state index in [4.69, 9.17) is 18.0 Å². The lowest BCUT2D eigenvalue weighted by atomic mass is 10.2. The maximum absolute atomic E-state index is 12.8. The second-order valence-corrected chi connectivity index (χ2v) is 5.70. The molecule has 3 nitrogen and oxygen atoms in total. The molecule has 0 aliphatic heterocycles. The Hall–Kier alpha value is -1.02. The summed E-state index contributed by atoms with van der Waals surface area (Å²) in [5.41, 5.74) is 4.97. The molecule has 0 radical (unpaired) electrons. The number of aromatic nitrogens is 1. The number of halogens is 3. The Morgan fingerprint density at radius 3 is 2.55 bits per heavy atom. The zero-order valence-electron chi connectivity index (χ0n) is 11.4. The largest absolute Gasteiger partial charge is 0.433 e. The van der Waals surface area contributed by atoms with Gasteiger partial charge in [-0.1, -0.05) is 12.2 Å². The van der Waals surface area contributed by atoms with Gasteiger partial charge >= 0.3 is 6.18 Å². The lowest BCUT2D eigenvalue weighted by Gasteiger charge is -2.27. The van der Waals surface area contributed by atoms with E-state index < -0.39 is 11.9 Å². The number of rotatable bonds is 5. The van der Waals surface area contributed by atoms with E-state index >= 15 is 0 Å². The molecule has 1 unspecified atom stereocenters. The average molecular weight is 323 g/mol. The first-order chi connectivity index (χ1) is 9.18. The average Bonchev–Trinajstić information content (AvgIpc) is 2.36. The normalized spacial score (nSPS) is 13.1. The molecule has 1 heterocycles. The zero-order chi connectivity index (χ0) is 15.5. The molecule has 1 atom stereocenters. The van der Waals surface area contributed by atoms with Crippen LogP contribution < -0.4 is 10.6 Å². The summed E-state index contributed by atoms with van der Waals surface area (Å²) in [5.74, 6) is 0.916. The molecule has 1 rings (SSSR count).